The molecule has 5 heteroatoms. The molecule has 2 atom stereocenters. The fourth-order valence-corrected chi connectivity index (χ4v) is 3.03. The quantitative estimate of drug-likeness (QED) is 0.647. The lowest BCUT2D eigenvalue weighted by Gasteiger charge is -2.32. The third-order valence-corrected chi connectivity index (χ3v) is 4.17. The van der Waals surface area contributed by atoms with Crippen LogP contribution in [0.3, 0.4) is 0 Å². The summed E-state index contributed by atoms with van der Waals surface area (Å²) in [6, 6.07) is 5.15. The highest BCUT2D eigenvalue weighted by atomic mass is 35.5. The molecule has 1 fully saturated rings. The van der Waals surface area contributed by atoms with E-state index in [1.165, 1.54) is 25.3 Å². The van der Waals surface area contributed by atoms with Gasteiger partial charge in [0.05, 0.1) is 4.92 Å². The molecule has 1 saturated carbocycles. The van der Waals surface area contributed by atoms with E-state index in [1.807, 2.05) is 0 Å². The standard InChI is InChI=1S/C14H19ClN2O2/c1-2-10-5-3-4-6-12(10)16-13-8-7-11(15)9-14(13)17(18)19/h7-10,12,16H,2-6H2,1H3. The Labute approximate surface area is 118 Å². The van der Waals surface area contributed by atoms with Gasteiger partial charge in [-0.25, -0.2) is 0 Å². The minimum atomic E-state index is -0.377. The van der Waals surface area contributed by atoms with Gasteiger partial charge in [-0.2, -0.15) is 0 Å². The molecule has 1 aliphatic carbocycles. The summed E-state index contributed by atoms with van der Waals surface area (Å²) < 4.78 is 0. The third-order valence-electron chi connectivity index (χ3n) is 3.93. The van der Waals surface area contributed by atoms with Crippen LogP contribution in [0.4, 0.5) is 11.4 Å². The molecular formula is C14H19ClN2O2. The van der Waals surface area contributed by atoms with Crippen LogP contribution in [0.2, 0.25) is 5.02 Å². The van der Waals surface area contributed by atoms with Crippen LogP contribution in [0, 0.1) is 16.0 Å². The van der Waals surface area contributed by atoms with E-state index in [0.29, 0.717) is 22.7 Å². The molecule has 0 heterocycles. The number of nitro benzene ring substituents is 1. The van der Waals surface area contributed by atoms with Crippen LogP contribution < -0.4 is 5.32 Å². The molecule has 0 radical (unpaired) electrons. The number of nitrogens with zero attached hydrogens (tertiary/aromatic N) is 1. The molecule has 1 aromatic rings. The van der Waals surface area contributed by atoms with Crippen LogP contribution in [0.5, 0.6) is 0 Å². The van der Waals surface area contributed by atoms with Gasteiger partial charge in [0, 0.05) is 17.1 Å². The second-order valence-corrected chi connectivity index (χ2v) is 5.56. The minimum absolute atomic E-state index is 0.0629. The molecule has 2 unspecified atom stereocenters. The van der Waals surface area contributed by atoms with E-state index in [9.17, 15) is 10.1 Å². The van der Waals surface area contributed by atoms with Gasteiger partial charge in [-0.1, -0.05) is 37.8 Å². The minimum Gasteiger partial charge on any atom is -0.376 e. The van der Waals surface area contributed by atoms with Gasteiger partial charge in [-0.15, -0.1) is 0 Å². The molecule has 0 amide bonds. The number of hydrogen-bond acceptors (Lipinski definition) is 3. The summed E-state index contributed by atoms with van der Waals surface area (Å²) in [4.78, 5) is 10.7. The molecule has 0 aromatic heterocycles. The molecule has 2 rings (SSSR count). The number of rotatable bonds is 4. The van der Waals surface area contributed by atoms with Crippen molar-refractivity contribution in [1.82, 2.24) is 0 Å². The van der Waals surface area contributed by atoms with Crippen molar-refractivity contribution in [2.75, 3.05) is 5.32 Å². The van der Waals surface area contributed by atoms with Gasteiger partial charge >= 0.3 is 0 Å². The van der Waals surface area contributed by atoms with Gasteiger partial charge in [0.15, 0.2) is 0 Å². The molecule has 0 aliphatic heterocycles. The molecule has 19 heavy (non-hydrogen) atoms. The Morgan fingerprint density at radius 2 is 2.16 bits per heavy atom. The van der Waals surface area contributed by atoms with E-state index in [2.05, 4.69) is 12.2 Å². The lowest BCUT2D eigenvalue weighted by atomic mass is 9.83. The number of anilines is 1. The first kappa shape index (κ1) is 14.1. The van der Waals surface area contributed by atoms with E-state index >= 15 is 0 Å². The first-order chi connectivity index (χ1) is 9.11. The van der Waals surface area contributed by atoms with Gasteiger partial charge in [-0.3, -0.25) is 10.1 Å². The van der Waals surface area contributed by atoms with Crippen molar-refractivity contribution in [3.8, 4) is 0 Å². The zero-order valence-corrected chi connectivity index (χ0v) is 11.8. The predicted octanol–water partition coefficient (Wildman–Crippen LogP) is 4.63. The first-order valence-corrected chi connectivity index (χ1v) is 7.20. The smallest absolute Gasteiger partial charge is 0.293 e. The third kappa shape index (κ3) is 3.38. The Morgan fingerprint density at radius 1 is 1.42 bits per heavy atom. The van der Waals surface area contributed by atoms with E-state index < -0.39 is 0 Å². The molecule has 0 spiro atoms. The number of hydrogen-bond donors (Lipinski definition) is 1. The zero-order chi connectivity index (χ0) is 13.8. The predicted molar refractivity (Wildman–Crippen MR) is 77.8 cm³/mol. The van der Waals surface area contributed by atoms with Crippen LogP contribution in [-0.2, 0) is 0 Å². The maximum Gasteiger partial charge on any atom is 0.293 e. The van der Waals surface area contributed by atoms with Crippen LogP contribution in [0.25, 0.3) is 0 Å². The van der Waals surface area contributed by atoms with E-state index in [4.69, 9.17) is 11.6 Å². The summed E-state index contributed by atoms with van der Waals surface area (Å²) in [5, 5.41) is 14.8. The zero-order valence-electron chi connectivity index (χ0n) is 11.1. The Balaban J connectivity index is 2.20. The summed E-state index contributed by atoms with van der Waals surface area (Å²) in [6.07, 6.45) is 5.85. The monoisotopic (exact) mass is 282 g/mol. The second-order valence-electron chi connectivity index (χ2n) is 5.12. The lowest BCUT2D eigenvalue weighted by molar-refractivity contribution is -0.384. The molecule has 1 N–H and O–H groups in total. The Hall–Kier alpha value is -1.29. The normalized spacial score (nSPS) is 23.1. The van der Waals surface area contributed by atoms with Crippen molar-refractivity contribution in [1.29, 1.82) is 0 Å². The van der Waals surface area contributed by atoms with Crippen LogP contribution in [-0.4, -0.2) is 11.0 Å². The molecule has 1 aliphatic rings. The van der Waals surface area contributed by atoms with Gasteiger partial charge in [0.2, 0.25) is 0 Å². The summed E-state index contributed by atoms with van der Waals surface area (Å²) in [7, 11) is 0. The highest BCUT2D eigenvalue weighted by Gasteiger charge is 2.25. The van der Waals surface area contributed by atoms with Gasteiger partial charge in [0.25, 0.3) is 5.69 Å². The molecule has 4 nitrogen and oxygen atoms in total. The van der Waals surface area contributed by atoms with Crippen molar-refractivity contribution in [3.63, 3.8) is 0 Å². The molecule has 1 aromatic carbocycles. The number of benzene rings is 1. The van der Waals surface area contributed by atoms with Gasteiger partial charge < -0.3 is 5.32 Å². The van der Waals surface area contributed by atoms with E-state index in [0.717, 1.165) is 12.8 Å². The number of nitro groups is 1. The largest absolute Gasteiger partial charge is 0.376 e. The van der Waals surface area contributed by atoms with Gasteiger partial charge in [0.1, 0.15) is 5.69 Å². The molecule has 104 valence electrons. The Kier molecular flexibility index (Phi) is 4.64. The van der Waals surface area contributed by atoms with Gasteiger partial charge in [-0.05, 0) is 30.9 Å². The maximum absolute atomic E-state index is 11.1. The van der Waals surface area contributed by atoms with Crippen LogP contribution >= 0.6 is 11.6 Å². The highest BCUT2D eigenvalue weighted by Crippen LogP contribution is 2.33. The van der Waals surface area contributed by atoms with Crippen molar-refractivity contribution in [2.45, 2.75) is 45.1 Å². The van der Waals surface area contributed by atoms with Crippen LogP contribution in [0.15, 0.2) is 18.2 Å². The maximum atomic E-state index is 11.1. The van der Waals surface area contributed by atoms with Crippen LogP contribution in [0.1, 0.15) is 39.0 Å². The fraction of sp³-hybridized carbons (Fsp3) is 0.571. The number of halogens is 1. The average molecular weight is 283 g/mol. The van der Waals surface area contributed by atoms with Crippen molar-refractivity contribution in [2.24, 2.45) is 5.92 Å². The summed E-state index contributed by atoms with van der Waals surface area (Å²) in [5.74, 6) is 0.601. The average Bonchev–Trinajstić information content (AvgIpc) is 2.41. The Morgan fingerprint density at radius 3 is 2.84 bits per heavy atom. The summed E-state index contributed by atoms with van der Waals surface area (Å²) >= 11 is 5.83. The summed E-state index contributed by atoms with van der Waals surface area (Å²) in [6.45, 7) is 2.18. The SMILES string of the molecule is CCC1CCCCC1Nc1ccc(Cl)cc1[N+](=O)[O-]. The summed E-state index contributed by atoms with van der Waals surface area (Å²) in [5.41, 5.74) is 0.646. The van der Waals surface area contributed by atoms with Crippen molar-refractivity contribution in [3.05, 3.63) is 33.3 Å². The second kappa shape index (κ2) is 6.24. The highest BCUT2D eigenvalue weighted by molar-refractivity contribution is 6.30. The molecule has 0 bridgehead atoms. The Bertz CT molecular complexity index is 465. The van der Waals surface area contributed by atoms with Crippen molar-refractivity contribution >= 4 is 23.0 Å². The molecule has 0 saturated heterocycles. The lowest BCUT2D eigenvalue weighted by Crippen LogP contribution is -2.32. The topological polar surface area (TPSA) is 55.2 Å². The van der Waals surface area contributed by atoms with E-state index in [-0.39, 0.29) is 10.6 Å². The molecular weight excluding hydrogens is 264 g/mol. The first-order valence-electron chi connectivity index (χ1n) is 6.82. The van der Waals surface area contributed by atoms with E-state index in [1.54, 1.807) is 12.1 Å². The number of nitrogens with one attached hydrogen (secondary N) is 1. The fourth-order valence-electron chi connectivity index (χ4n) is 2.86. The van der Waals surface area contributed by atoms with Crippen molar-refractivity contribution < 1.29 is 4.92 Å².